The number of hydrogen-bond donors (Lipinski definition) is 2. The molecule has 0 spiro atoms. The number of urea groups is 1. The molecule has 2 aromatic carbocycles. The van der Waals surface area contributed by atoms with Crippen molar-refractivity contribution in [1.82, 2.24) is 10.2 Å². The van der Waals surface area contributed by atoms with E-state index in [9.17, 15) is 4.79 Å². The summed E-state index contributed by atoms with van der Waals surface area (Å²) >= 11 is 0. The first-order valence-electron chi connectivity index (χ1n) is 10.3. The van der Waals surface area contributed by atoms with Gasteiger partial charge in [-0.25, -0.2) is 4.79 Å². The SMILES string of the molecule is CC(C)(C)c1ccc(NC(=O)Nc2ccnnc2Oc2ccccc2C(C)(C)C)cc1. The zero-order valence-corrected chi connectivity index (χ0v) is 19.0. The highest BCUT2D eigenvalue weighted by molar-refractivity contribution is 6.00. The van der Waals surface area contributed by atoms with Gasteiger partial charge in [0.05, 0.1) is 6.20 Å². The number of anilines is 2. The lowest BCUT2D eigenvalue weighted by Gasteiger charge is -2.22. The molecule has 0 aliphatic rings. The molecule has 3 rings (SSSR count). The minimum atomic E-state index is -0.384. The van der Waals surface area contributed by atoms with Crippen molar-refractivity contribution < 1.29 is 9.53 Å². The molecular weight excluding hydrogens is 388 g/mol. The fourth-order valence-corrected chi connectivity index (χ4v) is 3.11. The highest BCUT2D eigenvalue weighted by atomic mass is 16.5. The molecule has 0 atom stereocenters. The zero-order chi connectivity index (χ0) is 22.6. The number of carbonyl (C=O) groups excluding carboxylic acids is 1. The molecule has 3 aromatic rings. The summed E-state index contributed by atoms with van der Waals surface area (Å²) in [4.78, 5) is 12.6. The van der Waals surface area contributed by atoms with Crippen LogP contribution in [0, 0.1) is 0 Å². The lowest BCUT2D eigenvalue weighted by Crippen LogP contribution is -2.20. The maximum Gasteiger partial charge on any atom is 0.323 e. The van der Waals surface area contributed by atoms with E-state index in [2.05, 4.69) is 62.4 Å². The first-order valence-corrected chi connectivity index (χ1v) is 10.3. The van der Waals surface area contributed by atoms with Crippen molar-refractivity contribution in [2.24, 2.45) is 0 Å². The second-order valence-corrected chi connectivity index (χ2v) is 9.50. The molecule has 6 heteroatoms. The molecule has 31 heavy (non-hydrogen) atoms. The maximum absolute atomic E-state index is 12.6. The van der Waals surface area contributed by atoms with Gasteiger partial charge in [-0.05, 0) is 40.7 Å². The quantitative estimate of drug-likeness (QED) is 0.506. The Kier molecular flexibility index (Phi) is 6.29. The van der Waals surface area contributed by atoms with Gasteiger partial charge in [0.15, 0.2) is 0 Å². The summed E-state index contributed by atoms with van der Waals surface area (Å²) in [6.07, 6.45) is 1.51. The smallest absolute Gasteiger partial charge is 0.323 e. The van der Waals surface area contributed by atoms with Crippen LogP contribution in [-0.2, 0) is 10.8 Å². The average molecular weight is 419 g/mol. The topological polar surface area (TPSA) is 76.1 Å². The summed E-state index contributed by atoms with van der Waals surface area (Å²) in [6, 6.07) is 16.9. The molecule has 2 amide bonds. The predicted molar refractivity (Wildman–Crippen MR) is 125 cm³/mol. The van der Waals surface area contributed by atoms with Crippen molar-refractivity contribution in [3.05, 3.63) is 71.9 Å². The van der Waals surface area contributed by atoms with E-state index in [1.54, 1.807) is 6.07 Å². The number of benzene rings is 2. The van der Waals surface area contributed by atoms with Gasteiger partial charge < -0.3 is 15.4 Å². The van der Waals surface area contributed by atoms with Gasteiger partial charge in [-0.2, -0.15) is 5.10 Å². The summed E-state index contributed by atoms with van der Waals surface area (Å²) in [5.74, 6) is 0.911. The van der Waals surface area contributed by atoms with Crippen molar-refractivity contribution in [2.75, 3.05) is 10.6 Å². The predicted octanol–water partition coefficient (Wildman–Crippen LogP) is 6.51. The van der Waals surface area contributed by atoms with E-state index >= 15 is 0 Å². The van der Waals surface area contributed by atoms with Gasteiger partial charge in [-0.1, -0.05) is 71.9 Å². The Labute approximate surface area is 184 Å². The molecule has 0 bridgehead atoms. The molecule has 0 saturated heterocycles. The minimum Gasteiger partial charge on any atom is -0.436 e. The number of hydrogen-bond acceptors (Lipinski definition) is 4. The third kappa shape index (κ3) is 5.81. The van der Waals surface area contributed by atoms with Gasteiger partial charge in [-0.3, -0.25) is 0 Å². The minimum absolute atomic E-state index is 0.0546. The highest BCUT2D eigenvalue weighted by Gasteiger charge is 2.20. The van der Waals surface area contributed by atoms with Crippen LogP contribution in [0.3, 0.4) is 0 Å². The van der Waals surface area contributed by atoms with Gasteiger partial charge >= 0.3 is 6.03 Å². The number of nitrogens with one attached hydrogen (secondary N) is 2. The lowest BCUT2D eigenvalue weighted by atomic mass is 9.86. The van der Waals surface area contributed by atoms with E-state index in [1.165, 1.54) is 11.8 Å². The van der Waals surface area contributed by atoms with Crippen LogP contribution in [0.25, 0.3) is 0 Å². The monoisotopic (exact) mass is 418 g/mol. The van der Waals surface area contributed by atoms with E-state index in [0.29, 0.717) is 17.1 Å². The van der Waals surface area contributed by atoms with Gasteiger partial charge in [0.1, 0.15) is 11.4 Å². The second-order valence-electron chi connectivity index (χ2n) is 9.50. The average Bonchev–Trinajstić information content (AvgIpc) is 2.69. The van der Waals surface area contributed by atoms with Crippen LogP contribution >= 0.6 is 0 Å². The van der Waals surface area contributed by atoms with Gasteiger partial charge in [0, 0.05) is 11.3 Å². The van der Waals surface area contributed by atoms with Crippen LogP contribution in [0.5, 0.6) is 11.6 Å². The Morgan fingerprint density at radius 2 is 1.52 bits per heavy atom. The molecule has 0 aliphatic carbocycles. The van der Waals surface area contributed by atoms with Crippen LogP contribution < -0.4 is 15.4 Å². The molecule has 0 aliphatic heterocycles. The van der Waals surface area contributed by atoms with Crippen LogP contribution in [-0.4, -0.2) is 16.2 Å². The second kappa shape index (κ2) is 8.76. The number of nitrogens with zero attached hydrogens (tertiary/aromatic N) is 2. The largest absolute Gasteiger partial charge is 0.436 e. The van der Waals surface area contributed by atoms with Gasteiger partial charge in [0.25, 0.3) is 5.88 Å². The molecule has 0 fully saturated rings. The summed E-state index contributed by atoms with van der Waals surface area (Å²) in [5, 5.41) is 13.6. The van der Waals surface area contributed by atoms with E-state index in [-0.39, 0.29) is 22.7 Å². The van der Waals surface area contributed by atoms with Crippen molar-refractivity contribution in [3.63, 3.8) is 0 Å². The Morgan fingerprint density at radius 3 is 2.16 bits per heavy atom. The fourth-order valence-electron chi connectivity index (χ4n) is 3.11. The number of rotatable bonds is 4. The van der Waals surface area contributed by atoms with Gasteiger partial charge in [0.2, 0.25) is 0 Å². The number of para-hydroxylation sites is 1. The lowest BCUT2D eigenvalue weighted by molar-refractivity contribution is 0.262. The fraction of sp³-hybridized carbons (Fsp3) is 0.320. The number of amides is 2. The molecule has 0 radical (unpaired) electrons. The van der Waals surface area contributed by atoms with Gasteiger partial charge in [-0.15, -0.1) is 5.10 Å². The molecule has 1 aromatic heterocycles. The molecule has 162 valence electrons. The molecular formula is C25H30N4O2. The third-order valence-corrected chi connectivity index (χ3v) is 4.85. The van der Waals surface area contributed by atoms with Crippen LogP contribution in [0.4, 0.5) is 16.2 Å². The van der Waals surface area contributed by atoms with Crippen molar-refractivity contribution in [1.29, 1.82) is 0 Å². The number of aromatic nitrogens is 2. The summed E-state index contributed by atoms with van der Waals surface area (Å²) in [6.45, 7) is 12.8. The number of ether oxygens (including phenoxy) is 1. The maximum atomic E-state index is 12.6. The van der Waals surface area contributed by atoms with Crippen LogP contribution in [0.15, 0.2) is 60.8 Å². The van der Waals surface area contributed by atoms with E-state index < -0.39 is 0 Å². The normalized spacial score (nSPS) is 11.7. The summed E-state index contributed by atoms with van der Waals surface area (Å²) in [7, 11) is 0. The molecule has 0 unspecified atom stereocenters. The summed E-state index contributed by atoms with van der Waals surface area (Å²) < 4.78 is 6.06. The Hall–Kier alpha value is -3.41. The third-order valence-electron chi connectivity index (χ3n) is 4.85. The Bertz CT molecular complexity index is 1050. The highest BCUT2D eigenvalue weighted by Crippen LogP contribution is 2.35. The zero-order valence-electron chi connectivity index (χ0n) is 19.0. The first kappa shape index (κ1) is 22.3. The molecule has 6 nitrogen and oxygen atoms in total. The Balaban J connectivity index is 1.75. The summed E-state index contributed by atoms with van der Waals surface area (Å²) in [5.41, 5.74) is 3.32. The molecule has 0 saturated carbocycles. The van der Waals surface area contributed by atoms with Crippen LogP contribution in [0.2, 0.25) is 0 Å². The van der Waals surface area contributed by atoms with E-state index in [1.807, 2.05) is 48.5 Å². The standard InChI is InChI=1S/C25H30N4O2/c1-24(2,3)17-11-13-18(14-12-17)27-23(30)28-20-15-16-26-29-22(20)31-21-10-8-7-9-19(21)25(4,5)6/h7-16H,1-6H3,(H2,26,27,28,30). The van der Waals surface area contributed by atoms with E-state index in [0.717, 1.165) is 5.56 Å². The first-order chi connectivity index (χ1) is 14.5. The van der Waals surface area contributed by atoms with Crippen molar-refractivity contribution in [2.45, 2.75) is 52.4 Å². The number of carbonyl (C=O) groups is 1. The van der Waals surface area contributed by atoms with Crippen molar-refractivity contribution >= 4 is 17.4 Å². The molecule has 2 N–H and O–H groups in total. The van der Waals surface area contributed by atoms with Crippen molar-refractivity contribution in [3.8, 4) is 11.6 Å². The van der Waals surface area contributed by atoms with E-state index in [4.69, 9.17) is 4.74 Å². The Morgan fingerprint density at radius 1 is 0.839 bits per heavy atom. The molecule has 1 heterocycles. The van der Waals surface area contributed by atoms with Crippen LogP contribution in [0.1, 0.15) is 52.7 Å².